The van der Waals surface area contributed by atoms with Crippen LogP contribution in [-0.2, 0) is 0 Å². The summed E-state index contributed by atoms with van der Waals surface area (Å²) in [4.78, 5) is 0. The molecule has 0 spiro atoms. The summed E-state index contributed by atoms with van der Waals surface area (Å²) in [6.07, 6.45) is 17.2. The topological polar surface area (TPSA) is 0 Å². The van der Waals surface area contributed by atoms with Gasteiger partial charge in [-0.15, -0.1) is 0 Å². The average molecular weight is 280 g/mol. The Labute approximate surface area is 130 Å². The minimum atomic E-state index is 1.13. The molecule has 0 radical (unpaired) electrons. The molecule has 2 aliphatic carbocycles. The van der Waals surface area contributed by atoms with Gasteiger partial charge in [0, 0.05) is 0 Å². The largest absolute Gasteiger partial charge is 0.0991 e. The first-order valence-corrected chi connectivity index (χ1v) is 8.36. The molecule has 0 saturated carbocycles. The predicted molar refractivity (Wildman–Crippen MR) is 94.3 cm³/mol. The summed E-state index contributed by atoms with van der Waals surface area (Å²) in [7, 11) is 0. The van der Waals surface area contributed by atoms with E-state index in [9.17, 15) is 0 Å². The molecule has 0 bridgehead atoms. The molecule has 0 aromatic carbocycles. The third kappa shape index (κ3) is 3.05. The molecular weight excluding hydrogens is 252 g/mol. The zero-order valence-corrected chi connectivity index (χ0v) is 13.7. The molecule has 2 aliphatic rings. The predicted octanol–water partition coefficient (Wildman–Crippen LogP) is 6.60. The van der Waals surface area contributed by atoms with Crippen molar-refractivity contribution in [2.75, 3.05) is 0 Å². The van der Waals surface area contributed by atoms with Crippen molar-refractivity contribution < 1.29 is 0 Å². The molecule has 112 valence electrons. The lowest BCUT2D eigenvalue weighted by atomic mass is 9.88. The van der Waals surface area contributed by atoms with Crippen LogP contribution in [0.15, 0.2) is 70.9 Å². The Balaban J connectivity index is 2.51. The molecule has 0 aromatic rings. The van der Waals surface area contributed by atoms with Crippen LogP contribution in [0.2, 0.25) is 0 Å². The zero-order chi connectivity index (χ0) is 15.2. The second-order valence-corrected chi connectivity index (χ2v) is 5.89. The first-order chi connectivity index (χ1) is 10.3. The maximum Gasteiger partial charge on any atom is -0.00771 e. The first kappa shape index (κ1) is 15.8. The van der Waals surface area contributed by atoms with E-state index in [0.717, 1.165) is 6.42 Å². The average Bonchev–Trinajstić information content (AvgIpc) is 2.84. The zero-order valence-electron chi connectivity index (χ0n) is 13.7. The molecule has 0 unspecified atom stereocenters. The van der Waals surface area contributed by atoms with Gasteiger partial charge in [-0.05, 0) is 78.9 Å². The summed E-state index contributed by atoms with van der Waals surface area (Å²) in [5.41, 5.74) is 8.87. The molecule has 0 saturated heterocycles. The molecule has 0 nitrogen and oxygen atoms in total. The fourth-order valence-corrected chi connectivity index (χ4v) is 3.64. The maximum absolute atomic E-state index is 4.10. The summed E-state index contributed by atoms with van der Waals surface area (Å²) in [6, 6.07) is 0. The summed E-state index contributed by atoms with van der Waals surface area (Å²) in [5, 5.41) is 0. The van der Waals surface area contributed by atoms with Gasteiger partial charge in [0.05, 0.1) is 0 Å². The highest BCUT2D eigenvalue weighted by atomic mass is 14.3. The van der Waals surface area contributed by atoms with Crippen LogP contribution in [0, 0.1) is 0 Å². The third-order valence-electron chi connectivity index (χ3n) is 4.59. The van der Waals surface area contributed by atoms with Gasteiger partial charge in [-0.1, -0.05) is 50.8 Å². The Morgan fingerprint density at radius 2 is 1.86 bits per heavy atom. The van der Waals surface area contributed by atoms with Crippen molar-refractivity contribution in [3.05, 3.63) is 70.9 Å². The van der Waals surface area contributed by atoms with Crippen LogP contribution in [-0.4, -0.2) is 0 Å². The Kier molecular flexibility index (Phi) is 5.61. The van der Waals surface area contributed by atoms with E-state index in [1.165, 1.54) is 60.8 Å². The number of hydrogen-bond acceptors (Lipinski definition) is 0. The highest BCUT2D eigenvalue weighted by Crippen LogP contribution is 2.47. The molecule has 0 heteroatoms. The van der Waals surface area contributed by atoms with E-state index in [2.05, 4.69) is 45.2 Å². The van der Waals surface area contributed by atoms with Gasteiger partial charge in [-0.25, -0.2) is 0 Å². The number of unbranched alkanes of at least 4 members (excludes halogenated alkanes) is 1. The van der Waals surface area contributed by atoms with Gasteiger partial charge in [0.1, 0.15) is 0 Å². The Morgan fingerprint density at radius 3 is 2.43 bits per heavy atom. The van der Waals surface area contributed by atoms with Gasteiger partial charge >= 0.3 is 0 Å². The Hall–Kier alpha value is -1.56. The lowest BCUT2D eigenvalue weighted by Gasteiger charge is -2.16. The number of allylic oxidation sites excluding steroid dienone is 10. The van der Waals surface area contributed by atoms with Crippen LogP contribution in [0.3, 0.4) is 0 Å². The van der Waals surface area contributed by atoms with E-state index in [1.807, 2.05) is 6.08 Å². The lowest BCUT2D eigenvalue weighted by molar-refractivity contribution is 0.691. The smallest absolute Gasteiger partial charge is 0.00771 e. The van der Waals surface area contributed by atoms with Crippen LogP contribution >= 0.6 is 0 Å². The minimum absolute atomic E-state index is 1.13. The van der Waals surface area contributed by atoms with Crippen molar-refractivity contribution in [1.29, 1.82) is 0 Å². The Bertz CT molecular complexity index is 547. The molecule has 0 fully saturated rings. The van der Waals surface area contributed by atoms with Crippen LogP contribution in [0.5, 0.6) is 0 Å². The van der Waals surface area contributed by atoms with Crippen molar-refractivity contribution >= 4 is 0 Å². The summed E-state index contributed by atoms with van der Waals surface area (Å²) in [5.74, 6) is 0. The molecule has 2 rings (SSSR count). The van der Waals surface area contributed by atoms with Crippen LogP contribution in [0.4, 0.5) is 0 Å². The van der Waals surface area contributed by atoms with E-state index in [4.69, 9.17) is 0 Å². The number of hydrogen-bond donors (Lipinski definition) is 0. The Morgan fingerprint density at radius 1 is 1.14 bits per heavy atom. The summed E-state index contributed by atoms with van der Waals surface area (Å²) >= 11 is 0. The molecule has 0 N–H and O–H groups in total. The first-order valence-electron chi connectivity index (χ1n) is 8.36. The van der Waals surface area contributed by atoms with E-state index in [1.54, 1.807) is 11.1 Å². The number of rotatable bonds is 6. The quantitative estimate of drug-likeness (QED) is 0.481. The molecule has 21 heavy (non-hydrogen) atoms. The fourth-order valence-electron chi connectivity index (χ4n) is 3.64. The van der Waals surface area contributed by atoms with Gasteiger partial charge in [-0.3, -0.25) is 0 Å². The van der Waals surface area contributed by atoms with Crippen LogP contribution in [0.1, 0.15) is 58.8 Å². The van der Waals surface area contributed by atoms with E-state index in [-0.39, 0.29) is 0 Å². The maximum atomic E-state index is 4.10. The second-order valence-electron chi connectivity index (χ2n) is 5.89. The normalized spacial score (nSPS) is 21.0. The SMILES string of the molecule is C=C/C=C(/CCCC)C1=C(C=C)C2=C(CCCC2)/C1=C/C. The molecule has 0 amide bonds. The van der Waals surface area contributed by atoms with Gasteiger partial charge < -0.3 is 0 Å². The molecule has 0 aromatic heterocycles. The van der Waals surface area contributed by atoms with Crippen molar-refractivity contribution in [2.24, 2.45) is 0 Å². The van der Waals surface area contributed by atoms with Crippen molar-refractivity contribution in [2.45, 2.75) is 58.8 Å². The standard InChI is InChI=1S/C21H28/c1-5-9-13-16(12-6-2)21-17(7-3)19-14-10-11-15-20(19)18(21)8-4/h6-8,12H,2-3,5,9-11,13-15H2,1,4H3/b16-12-,18-8-. The third-order valence-corrected chi connectivity index (χ3v) is 4.59. The van der Waals surface area contributed by atoms with E-state index >= 15 is 0 Å². The van der Waals surface area contributed by atoms with Crippen molar-refractivity contribution in [3.8, 4) is 0 Å². The van der Waals surface area contributed by atoms with Gasteiger partial charge in [0.15, 0.2) is 0 Å². The van der Waals surface area contributed by atoms with Crippen molar-refractivity contribution in [1.82, 2.24) is 0 Å². The monoisotopic (exact) mass is 280 g/mol. The molecular formula is C21H28. The minimum Gasteiger partial charge on any atom is -0.0991 e. The van der Waals surface area contributed by atoms with Gasteiger partial charge in [0.25, 0.3) is 0 Å². The van der Waals surface area contributed by atoms with Crippen molar-refractivity contribution in [3.63, 3.8) is 0 Å². The molecule has 0 aliphatic heterocycles. The van der Waals surface area contributed by atoms with E-state index < -0.39 is 0 Å². The second kappa shape index (κ2) is 7.45. The highest BCUT2D eigenvalue weighted by Gasteiger charge is 2.29. The van der Waals surface area contributed by atoms with Crippen LogP contribution in [0.25, 0.3) is 0 Å². The summed E-state index contributed by atoms with van der Waals surface area (Å²) < 4.78 is 0. The summed E-state index contributed by atoms with van der Waals surface area (Å²) in [6.45, 7) is 12.4. The van der Waals surface area contributed by atoms with Gasteiger partial charge in [0.2, 0.25) is 0 Å². The molecule has 0 atom stereocenters. The fraction of sp³-hybridized carbons (Fsp3) is 0.429. The molecule has 0 heterocycles. The van der Waals surface area contributed by atoms with Gasteiger partial charge in [-0.2, -0.15) is 0 Å². The van der Waals surface area contributed by atoms with Crippen LogP contribution < -0.4 is 0 Å². The highest BCUT2D eigenvalue weighted by molar-refractivity contribution is 5.72. The van der Waals surface area contributed by atoms with E-state index in [0.29, 0.717) is 0 Å². The lowest BCUT2D eigenvalue weighted by Crippen LogP contribution is -1.98.